The zero-order valence-electron chi connectivity index (χ0n) is 9.19. The minimum atomic E-state index is -0.272. The molecular formula is C12H11Br2N3. The van der Waals surface area contributed by atoms with Gasteiger partial charge in [-0.1, -0.05) is 0 Å². The molecule has 88 valence electrons. The van der Waals surface area contributed by atoms with Crippen molar-refractivity contribution in [1.82, 2.24) is 9.97 Å². The highest BCUT2D eigenvalue weighted by molar-refractivity contribution is 9.11. The Labute approximate surface area is 117 Å². The zero-order valence-corrected chi connectivity index (χ0v) is 12.4. The summed E-state index contributed by atoms with van der Waals surface area (Å²) < 4.78 is 1.81. The minimum absolute atomic E-state index is 0.272. The zero-order chi connectivity index (χ0) is 12.4. The molecule has 0 radical (unpaired) electrons. The first-order valence-electron chi connectivity index (χ1n) is 5.06. The molecule has 0 amide bonds. The van der Waals surface area contributed by atoms with Crippen molar-refractivity contribution in [2.24, 2.45) is 5.73 Å². The van der Waals surface area contributed by atoms with Gasteiger partial charge in [0.15, 0.2) is 0 Å². The van der Waals surface area contributed by atoms with Gasteiger partial charge in [-0.15, -0.1) is 0 Å². The van der Waals surface area contributed by atoms with Crippen LogP contribution >= 0.6 is 31.9 Å². The van der Waals surface area contributed by atoms with Crippen LogP contribution in [0.4, 0.5) is 0 Å². The highest BCUT2D eigenvalue weighted by atomic mass is 79.9. The van der Waals surface area contributed by atoms with Crippen LogP contribution in [-0.4, -0.2) is 9.97 Å². The van der Waals surface area contributed by atoms with Crippen LogP contribution in [0.2, 0.25) is 0 Å². The van der Waals surface area contributed by atoms with Gasteiger partial charge < -0.3 is 5.73 Å². The molecule has 0 spiro atoms. The van der Waals surface area contributed by atoms with Crippen LogP contribution in [0.3, 0.4) is 0 Å². The maximum Gasteiger partial charge on any atom is 0.0759 e. The normalized spacial score (nSPS) is 12.5. The van der Waals surface area contributed by atoms with Crippen molar-refractivity contribution in [3.05, 3.63) is 56.5 Å². The molecule has 2 N–H and O–H groups in total. The van der Waals surface area contributed by atoms with Crippen LogP contribution in [-0.2, 0) is 0 Å². The lowest BCUT2D eigenvalue weighted by Crippen LogP contribution is -2.15. The Kier molecular flexibility index (Phi) is 3.91. The Bertz CT molecular complexity index is 543. The summed E-state index contributed by atoms with van der Waals surface area (Å²) in [4.78, 5) is 8.46. The van der Waals surface area contributed by atoms with Crippen LogP contribution in [0.15, 0.2) is 39.7 Å². The van der Waals surface area contributed by atoms with Gasteiger partial charge >= 0.3 is 0 Å². The number of hydrogen-bond donors (Lipinski definition) is 1. The van der Waals surface area contributed by atoms with Gasteiger partial charge in [-0.25, -0.2) is 0 Å². The Balaban J connectivity index is 2.44. The minimum Gasteiger partial charge on any atom is -0.319 e. The SMILES string of the molecule is Cc1ccncc1C(N)c1ncc(Br)cc1Br. The number of nitrogens with two attached hydrogens (primary N) is 1. The molecule has 0 fully saturated rings. The molecule has 17 heavy (non-hydrogen) atoms. The second-order valence-corrected chi connectivity index (χ2v) is 5.50. The van der Waals surface area contributed by atoms with Crippen LogP contribution in [0.25, 0.3) is 0 Å². The summed E-state index contributed by atoms with van der Waals surface area (Å²) in [6.07, 6.45) is 5.29. The molecule has 1 atom stereocenters. The summed E-state index contributed by atoms with van der Waals surface area (Å²) in [5.74, 6) is 0. The smallest absolute Gasteiger partial charge is 0.0759 e. The first kappa shape index (κ1) is 12.7. The van der Waals surface area contributed by atoms with Gasteiger partial charge in [0, 0.05) is 27.5 Å². The Morgan fingerprint density at radius 3 is 2.71 bits per heavy atom. The molecule has 0 aliphatic rings. The maximum absolute atomic E-state index is 6.22. The summed E-state index contributed by atoms with van der Waals surface area (Å²) in [7, 11) is 0. The van der Waals surface area contributed by atoms with E-state index in [0.29, 0.717) is 0 Å². The molecule has 0 aliphatic heterocycles. The van der Waals surface area contributed by atoms with E-state index in [-0.39, 0.29) is 6.04 Å². The van der Waals surface area contributed by atoms with Gasteiger partial charge in [-0.3, -0.25) is 9.97 Å². The molecule has 2 aromatic rings. The molecule has 0 aromatic carbocycles. The molecule has 0 aliphatic carbocycles. The van der Waals surface area contributed by atoms with E-state index in [2.05, 4.69) is 41.8 Å². The first-order valence-corrected chi connectivity index (χ1v) is 6.65. The van der Waals surface area contributed by atoms with Gasteiger partial charge in [0.25, 0.3) is 0 Å². The molecular weight excluding hydrogens is 346 g/mol. The Morgan fingerprint density at radius 1 is 1.29 bits per heavy atom. The van der Waals surface area contributed by atoms with E-state index in [1.165, 1.54) is 0 Å². The molecule has 2 aromatic heterocycles. The van der Waals surface area contributed by atoms with Crippen molar-refractivity contribution >= 4 is 31.9 Å². The average molecular weight is 357 g/mol. The molecule has 0 bridgehead atoms. The van der Waals surface area contributed by atoms with E-state index < -0.39 is 0 Å². The fourth-order valence-corrected chi connectivity index (χ4v) is 2.84. The quantitative estimate of drug-likeness (QED) is 0.897. The number of hydrogen-bond acceptors (Lipinski definition) is 3. The van der Waals surface area contributed by atoms with Gasteiger partial charge in [0.2, 0.25) is 0 Å². The van der Waals surface area contributed by atoms with Crippen molar-refractivity contribution in [3.8, 4) is 0 Å². The van der Waals surface area contributed by atoms with Crippen molar-refractivity contribution in [2.45, 2.75) is 13.0 Å². The fraction of sp³-hybridized carbons (Fsp3) is 0.167. The van der Waals surface area contributed by atoms with Crippen molar-refractivity contribution < 1.29 is 0 Å². The summed E-state index contributed by atoms with van der Waals surface area (Å²) in [6.45, 7) is 2.02. The van der Waals surface area contributed by atoms with Gasteiger partial charge in [-0.2, -0.15) is 0 Å². The Hall–Kier alpha value is -0.780. The third-order valence-corrected chi connectivity index (χ3v) is 3.61. The lowest BCUT2D eigenvalue weighted by Gasteiger charge is -2.15. The van der Waals surface area contributed by atoms with E-state index >= 15 is 0 Å². The van der Waals surface area contributed by atoms with Crippen LogP contribution < -0.4 is 5.73 Å². The van der Waals surface area contributed by atoms with Gasteiger partial charge in [0.05, 0.1) is 11.7 Å². The third kappa shape index (κ3) is 2.73. The average Bonchev–Trinajstić information content (AvgIpc) is 2.29. The standard InChI is InChI=1S/C12H11Br2N3/c1-7-2-3-16-6-9(7)11(15)12-10(14)4-8(13)5-17-12/h2-6,11H,15H2,1H3. The number of rotatable bonds is 2. The molecule has 0 saturated carbocycles. The molecule has 2 rings (SSSR count). The third-order valence-electron chi connectivity index (χ3n) is 2.55. The van der Waals surface area contributed by atoms with Gasteiger partial charge in [-0.05, 0) is 62.0 Å². The predicted octanol–water partition coefficient (Wildman–Crippen LogP) is 3.36. The number of aromatic nitrogens is 2. The monoisotopic (exact) mass is 355 g/mol. The van der Waals surface area contributed by atoms with Crippen LogP contribution in [0, 0.1) is 6.92 Å². The first-order chi connectivity index (χ1) is 8.09. The molecule has 2 heterocycles. The Morgan fingerprint density at radius 2 is 2.06 bits per heavy atom. The lowest BCUT2D eigenvalue weighted by atomic mass is 10.0. The number of pyridine rings is 2. The second-order valence-electron chi connectivity index (χ2n) is 3.73. The highest BCUT2D eigenvalue weighted by Crippen LogP contribution is 2.28. The highest BCUT2D eigenvalue weighted by Gasteiger charge is 2.16. The molecule has 5 heteroatoms. The van der Waals surface area contributed by atoms with Crippen molar-refractivity contribution in [3.63, 3.8) is 0 Å². The topological polar surface area (TPSA) is 51.8 Å². The molecule has 3 nitrogen and oxygen atoms in total. The van der Waals surface area contributed by atoms with E-state index in [1.807, 2.05) is 19.1 Å². The van der Waals surface area contributed by atoms with Crippen LogP contribution in [0.5, 0.6) is 0 Å². The summed E-state index contributed by atoms with van der Waals surface area (Å²) in [5, 5.41) is 0. The predicted molar refractivity (Wildman–Crippen MR) is 74.6 cm³/mol. The number of halogens is 2. The number of aryl methyl sites for hydroxylation is 1. The van der Waals surface area contributed by atoms with Crippen molar-refractivity contribution in [1.29, 1.82) is 0 Å². The molecule has 0 saturated heterocycles. The summed E-state index contributed by atoms with van der Waals surface area (Å²) in [5.41, 5.74) is 9.13. The number of nitrogens with zero attached hydrogens (tertiary/aromatic N) is 2. The van der Waals surface area contributed by atoms with E-state index in [9.17, 15) is 0 Å². The van der Waals surface area contributed by atoms with Crippen LogP contribution in [0.1, 0.15) is 22.9 Å². The maximum atomic E-state index is 6.22. The van der Waals surface area contributed by atoms with Crippen molar-refractivity contribution in [2.75, 3.05) is 0 Å². The van der Waals surface area contributed by atoms with E-state index in [4.69, 9.17) is 5.73 Å². The summed E-state index contributed by atoms with van der Waals surface area (Å²) >= 11 is 6.85. The second kappa shape index (κ2) is 5.25. The van der Waals surface area contributed by atoms with Gasteiger partial charge in [0.1, 0.15) is 0 Å². The molecule has 1 unspecified atom stereocenters. The lowest BCUT2D eigenvalue weighted by molar-refractivity contribution is 0.807. The van der Waals surface area contributed by atoms with E-state index in [0.717, 1.165) is 25.8 Å². The summed E-state index contributed by atoms with van der Waals surface area (Å²) in [6, 6.07) is 3.61. The van der Waals surface area contributed by atoms with E-state index in [1.54, 1.807) is 18.6 Å². The fourth-order valence-electron chi connectivity index (χ4n) is 1.60. The largest absolute Gasteiger partial charge is 0.319 e.